The Morgan fingerprint density at radius 2 is 1.45 bits per heavy atom. The fraction of sp³-hybridized carbons (Fsp3) is 0.250. The highest BCUT2D eigenvalue weighted by atomic mass is 19.2. The fourth-order valence-corrected chi connectivity index (χ4v) is 1.70. The van der Waals surface area contributed by atoms with Crippen molar-refractivity contribution in [2.24, 2.45) is 0 Å². The van der Waals surface area contributed by atoms with Crippen LogP contribution in [0.5, 0.6) is 5.75 Å². The fourth-order valence-electron chi connectivity index (χ4n) is 1.70. The Labute approximate surface area is 117 Å². The SMILES string of the molecule is CC(C)(C)Oc1ccc(Nc2ccc(F)c(F)c2)cc1. The van der Waals surface area contributed by atoms with Crippen LogP contribution in [0.2, 0.25) is 0 Å². The van der Waals surface area contributed by atoms with Gasteiger partial charge in [-0.25, -0.2) is 8.78 Å². The van der Waals surface area contributed by atoms with E-state index in [1.807, 2.05) is 45.0 Å². The summed E-state index contributed by atoms with van der Waals surface area (Å²) in [5.74, 6) is -0.972. The molecule has 0 spiro atoms. The molecule has 0 bridgehead atoms. The van der Waals surface area contributed by atoms with Gasteiger partial charge in [-0.2, -0.15) is 0 Å². The van der Waals surface area contributed by atoms with E-state index >= 15 is 0 Å². The van der Waals surface area contributed by atoms with Gasteiger partial charge in [0.05, 0.1) is 0 Å². The van der Waals surface area contributed by atoms with Crippen molar-refractivity contribution in [3.05, 3.63) is 54.1 Å². The summed E-state index contributed by atoms with van der Waals surface area (Å²) in [5, 5.41) is 3.00. The minimum Gasteiger partial charge on any atom is -0.488 e. The topological polar surface area (TPSA) is 21.3 Å². The van der Waals surface area contributed by atoms with Gasteiger partial charge in [-0.1, -0.05) is 0 Å². The molecule has 2 aromatic rings. The number of nitrogens with one attached hydrogen (secondary N) is 1. The van der Waals surface area contributed by atoms with Crippen molar-refractivity contribution in [1.82, 2.24) is 0 Å². The first-order chi connectivity index (χ1) is 9.33. The Morgan fingerprint density at radius 3 is 2.00 bits per heavy atom. The number of halogens is 2. The summed E-state index contributed by atoms with van der Waals surface area (Å²) in [6.07, 6.45) is 0. The lowest BCUT2D eigenvalue weighted by molar-refractivity contribution is 0.131. The van der Waals surface area contributed by atoms with Gasteiger partial charge < -0.3 is 10.1 Å². The van der Waals surface area contributed by atoms with Crippen molar-refractivity contribution in [3.8, 4) is 5.75 Å². The largest absolute Gasteiger partial charge is 0.488 e. The first-order valence-electron chi connectivity index (χ1n) is 6.35. The molecule has 0 aromatic heterocycles. The average molecular weight is 277 g/mol. The predicted molar refractivity (Wildman–Crippen MR) is 76.5 cm³/mol. The van der Waals surface area contributed by atoms with Crippen molar-refractivity contribution in [3.63, 3.8) is 0 Å². The molecular formula is C16H17F2NO. The average Bonchev–Trinajstić information content (AvgIpc) is 2.35. The van der Waals surface area contributed by atoms with Crippen molar-refractivity contribution in [2.45, 2.75) is 26.4 Å². The maximum atomic E-state index is 13.1. The highest BCUT2D eigenvalue weighted by molar-refractivity contribution is 5.60. The van der Waals surface area contributed by atoms with Gasteiger partial charge in [-0.3, -0.25) is 0 Å². The summed E-state index contributed by atoms with van der Waals surface area (Å²) >= 11 is 0. The van der Waals surface area contributed by atoms with Crippen LogP contribution in [0.3, 0.4) is 0 Å². The summed E-state index contributed by atoms with van der Waals surface area (Å²) in [7, 11) is 0. The molecule has 0 heterocycles. The third kappa shape index (κ3) is 3.95. The van der Waals surface area contributed by atoms with Crippen LogP contribution >= 0.6 is 0 Å². The molecule has 2 aromatic carbocycles. The van der Waals surface area contributed by atoms with Crippen LogP contribution < -0.4 is 10.1 Å². The van der Waals surface area contributed by atoms with Crippen molar-refractivity contribution in [2.75, 3.05) is 5.32 Å². The Morgan fingerprint density at radius 1 is 0.850 bits per heavy atom. The molecule has 0 radical (unpaired) electrons. The number of hydrogen-bond donors (Lipinski definition) is 1. The molecule has 0 amide bonds. The minimum atomic E-state index is -0.873. The minimum absolute atomic E-state index is 0.255. The maximum absolute atomic E-state index is 13.1. The molecule has 0 aliphatic heterocycles. The van der Waals surface area contributed by atoms with E-state index in [9.17, 15) is 8.78 Å². The molecule has 0 unspecified atom stereocenters. The van der Waals surface area contributed by atoms with Gasteiger partial charge in [0.1, 0.15) is 11.4 Å². The Hall–Kier alpha value is -2.10. The van der Waals surface area contributed by atoms with E-state index in [0.717, 1.165) is 23.6 Å². The van der Waals surface area contributed by atoms with Gasteiger partial charge in [0.2, 0.25) is 0 Å². The number of benzene rings is 2. The molecule has 0 fully saturated rings. The summed E-state index contributed by atoms with van der Waals surface area (Å²) < 4.78 is 31.6. The van der Waals surface area contributed by atoms with Gasteiger partial charge in [0.25, 0.3) is 0 Å². The molecule has 20 heavy (non-hydrogen) atoms. The summed E-state index contributed by atoms with van der Waals surface area (Å²) in [5.41, 5.74) is 1.01. The van der Waals surface area contributed by atoms with E-state index < -0.39 is 11.6 Å². The monoisotopic (exact) mass is 277 g/mol. The Kier molecular flexibility index (Phi) is 3.93. The van der Waals surface area contributed by atoms with E-state index in [4.69, 9.17) is 4.74 Å². The molecular weight excluding hydrogens is 260 g/mol. The van der Waals surface area contributed by atoms with Crippen LogP contribution in [-0.2, 0) is 0 Å². The van der Waals surface area contributed by atoms with Crippen LogP contribution in [0.4, 0.5) is 20.2 Å². The lowest BCUT2D eigenvalue weighted by atomic mass is 10.2. The molecule has 2 rings (SSSR count). The van der Waals surface area contributed by atoms with Gasteiger partial charge >= 0.3 is 0 Å². The molecule has 4 heteroatoms. The van der Waals surface area contributed by atoms with Crippen LogP contribution in [0, 0.1) is 11.6 Å². The first kappa shape index (κ1) is 14.3. The molecule has 106 valence electrons. The summed E-state index contributed by atoms with van der Waals surface area (Å²) in [4.78, 5) is 0. The quantitative estimate of drug-likeness (QED) is 0.862. The zero-order chi connectivity index (χ0) is 14.8. The number of rotatable bonds is 3. The van der Waals surface area contributed by atoms with Crippen molar-refractivity contribution in [1.29, 1.82) is 0 Å². The van der Waals surface area contributed by atoms with Crippen LogP contribution in [-0.4, -0.2) is 5.60 Å². The van der Waals surface area contributed by atoms with E-state index in [0.29, 0.717) is 5.69 Å². The van der Waals surface area contributed by atoms with Crippen LogP contribution in [0.1, 0.15) is 20.8 Å². The first-order valence-corrected chi connectivity index (χ1v) is 6.35. The third-order valence-corrected chi connectivity index (χ3v) is 2.49. The maximum Gasteiger partial charge on any atom is 0.160 e. The third-order valence-electron chi connectivity index (χ3n) is 2.49. The Bertz CT molecular complexity index is 588. The zero-order valence-electron chi connectivity index (χ0n) is 11.7. The lowest BCUT2D eigenvalue weighted by Gasteiger charge is -2.21. The normalized spacial score (nSPS) is 11.2. The molecule has 1 N–H and O–H groups in total. The van der Waals surface area contributed by atoms with E-state index in [1.54, 1.807) is 0 Å². The number of ether oxygens (including phenoxy) is 1. The van der Waals surface area contributed by atoms with E-state index in [2.05, 4.69) is 5.32 Å². The molecule has 2 nitrogen and oxygen atoms in total. The van der Waals surface area contributed by atoms with E-state index in [-0.39, 0.29) is 5.60 Å². The molecule has 0 saturated carbocycles. The number of anilines is 2. The lowest BCUT2D eigenvalue weighted by Crippen LogP contribution is -2.22. The summed E-state index contributed by atoms with van der Waals surface area (Å²) in [6.45, 7) is 5.92. The van der Waals surface area contributed by atoms with Gasteiger partial charge in [0, 0.05) is 17.4 Å². The van der Waals surface area contributed by atoms with Gasteiger partial charge in [-0.05, 0) is 57.2 Å². The van der Waals surface area contributed by atoms with Gasteiger partial charge in [0.15, 0.2) is 11.6 Å². The smallest absolute Gasteiger partial charge is 0.160 e. The molecule has 0 aliphatic rings. The molecule has 0 atom stereocenters. The zero-order valence-corrected chi connectivity index (χ0v) is 11.7. The molecule has 0 saturated heterocycles. The highest BCUT2D eigenvalue weighted by Gasteiger charge is 2.11. The number of hydrogen-bond acceptors (Lipinski definition) is 2. The highest BCUT2D eigenvalue weighted by Crippen LogP contribution is 2.23. The van der Waals surface area contributed by atoms with Crippen LogP contribution in [0.15, 0.2) is 42.5 Å². The van der Waals surface area contributed by atoms with Crippen LogP contribution in [0.25, 0.3) is 0 Å². The van der Waals surface area contributed by atoms with E-state index in [1.165, 1.54) is 6.07 Å². The van der Waals surface area contributed by atoms with Crippen molar-refractivity contribution >= 4 is 11.4 Å². The standard InChI is InChI=1S/C16H17F2NO/c1-16(2,3)20-13-7-4-11(5-8-13)19-12-6-9-14(17)15(18)10-12/h4-10,19H,1-3H3. The second-order valence-electron chi connectivity index (χ2n) is 5.49. The van der Waals surface area contributed by atoms with Gasteiger partial charge in [-0.15, -0.1) is 0 Å². The Balaban J connectivity index is 2.08. The molecule has 0 aliphatic carbocycles. The second kappa shape index (κ2) is 5.49. The predicted octanol–water partition coefficient (Wildman–Crippen LogP) is 4.89. The van der Waals surface area contributed by atoms with Crippen molar-refractivity contribution < 1.29 is 13.5 Å². The second-order valence-corrected chi connectivity index (χ2v) is 5.49. The summed E-state index contributed by atoms with van der Waals surface area (Å²) in [6, 6.07) is 11.0.